The van der Waals surface area contributed by atoms with E-state index in [2.05, 4.69) is 11.9 Å². The largest absolute Gasteiger partial charge is 0.330 e. The van der Waals surface area contributed by atoms with E-state index in [0.717, 1.165) is 30.3 Å². The quantitative estimate of drug-likeness (QED) is 0.850. The SMILES string of the molecule is CC[C@@H]1CCCN(S(=O)(=O)CCn2cnc3ccccc32)C1. The van der Waals surface area contributed by atoms with Crippen LogP contribution in [-0.4, -0.2) is 41.1 Å². The van der Waals surface area contributed by atoms with Gasteiger partial charge in [0.2, 0.25) is 10.0 Å². The van der Waals surface area contributed by atoms with Gasteiger partial charge in [0.1, 0.15) is 0 Å². The highest BCUT2D eigenvalue weighted by Gasteiger charge is 2.27. The van der Waals surface area contributed by atoms with Crippen LogP contribution in [0.5, 0.6) is 0 Å². The highest BCUT2D eigenvalue weighted by atomic mass is 32.2. The molecule has 120 valence electrons. The molecule has 1 saturated heterocycles. The molecule has 1 aromatic carbocycles. The summed E-state index contributed by atoms with van der Waals surface area (Å²) in [4.78, 5) is 4.31. The van der Waals surface area contributed by atoms with Crippen LogP contribution in [0.2, 0.25) is 0 Å². The maximum absolute atomic E-state index is 12.6. The van der Waals surface area contributed by atoms with E-state index < -0.39 is 10.0 Å². The molecule has 6 heteroatoms. The van der Waals surface area contributed by atoms with E-state index in [1.165, 1.54) is 0 Å². The van der Waals surface area contributed by atoms with Crippen molar-refractivity contribution in [3.8, 4) is 0 Å². The zero-order chi connectivity index (χ0) is 15.6. The molecular formula is C16H23N3O2S. The predicted molar refractivity (Wildman–Crippen MR) is 88.1 cm³/mol. The number of fused-ring (bicyclic) bond motifs is 1. The Kier molecular flexibility index (Phi) is 4.49. The fourth-order valence-electron chi connectivity index (χ4n) is 3.14. The molecule has 5 nitrogen and oxygen atoms in total. The zero-order valence-electron chi connectivity index (χ0n) is 13.0. The second-order valence-electron chi connectivity index (χ2n) is 6.02. The highest BCUT2D eigenvalue weighted by Crippen LogP contribution is 2.22. The van der Waals surface area contributed by atoms with Crippen molar-refractivity contribution < 1.29 is 8.42 Å². The lowest BCUT2D eigenvalue weighted by Crippen LogP contribution is -2.41. The molecule has 0 aliphatic carbocycles. The van der Waals surface area contributed by atoms with E-state index in [-0.39, 0.29) is 5.75 Å². The number of para-hydroxylation sites is 2. The molecule has 3 rings (SSSR count). The van der Waals surface area contributed by atoms with Gasteiger partial charge in [-0.05, 0) is 30.9 Å². The van der Waals surface area contributed by atoms with E-state index in [0.29, 0.717) is 25.6 Å². The van der Waals surface area contributed by atoms with Crippen LogP contribution in [0.15, 0.2) is 30.6 Å². The number of nitrogens with zero attached hydrogens (tertiary/aromatic N) is 3. The van der Waals surface area contributed by atoms with Gasteiger partial charge in [-0.25, -0.2) is 17.7 Å². The summed E-state index contributed by atoms with van der Waals surface area (Å²) in [5, 5.41) is 0. The Hall–Kier alpha value is -1.40. The summed E-state index contributed by atoms with van der Waals surface area (Å²) in [6.45, 7) is 3.95. The van der Waals surface area contributed by atoms with Crippen molar-refractivity contribution >= 4 is 21.1 Å². The average Bonchev–Trinajstić information content (AvgIpc) is 2.96. The van der Waals surface area contributed by atoms with Gasteiger partial charge in [0.05, 0.1) is 23.1 Å². The predicted octanol–water partition coefficient (Wildman–Crippen LogP) is 2.49. The second-order valence-corrected chi connectivity index (χ2v) is 8.11. The molecular weight excluding hydrogens is 298 g/mol. The Morgan fingerprint density at radius 2 is 2.14 bits per heavy atom. The van der Waals surface area contributed by atoms with Crippen LogP contribution in [0.3, 0.4) is 0 Å². The number of piperidine rings is 1. The lowest BCUT2D eigenvalue weighted by atomic mass is 9.97. The van der Waals surface area contributed by atoms with Crippen LogP contribution in [0.4, 0.5) is 0 Å². The average molecular weight is 321 g/mol. The molecule has 0 amide bonds. The van der Waals surface area contributed by atoms with Gasteiger partial charge in [-0.1, -0.05) is 25.5 Å². The molecule has 1 aliphatic rings. The van der Waals surface area contributed by atoms with Gasteiger partial charge in [-0.15, -0.1) is 0 Å². The Labute approximate surface area is 132 Å². The molecule has 1 fully saturated rings. The van der Waals surface area contributed by atoms with Crippen molar-refractivity contribution in [2.75, 3.05) is 18.8 Å². The molecule has 0 spiro atoms. The first-order chi connectivity index (χ1) is 10.6. The first-order valence-corrected chi connectivity index (χ1v) is 9.59. The number of hydrogen-bond acceptors (Lipinski definition) is 3. The molecule has 0 bridgehead atoms. The van der Waals surface area contributed by atoms with Crippen LogP contribution >= 0.6 is 0 Å². The summed E-state index contributed by atoms with van der Waals surface area (Å²) < 4.78 is 28.8. The van der Waals surface area contributed by atoms with Crippen molar-refractivity contribution in [3.05, 3.63) is 30.6 Å². The molecule has 0 saturated carbocycles. The molecule has 0 radical (unpaired) electrons. The third kappa shape index (κ3) is 3.17. The molecule has 0 N–H and O–H groups in total. The molecule has 1 aromatic heterocycles. The van der Waals surface area contributed by atoms with Crippen LogP contribution < -0.4 is 0 Å². The van der Waals surface area contributed by atoms with Crippen LogP contribution in [0.1, 0.15) is 26.2 Å². The topological polar surface area (TPSA) is 55.2 Å². The Morgan fingerprint density at radius 1 is 1.32 bits per heavy atom. The lowest BCUT2D eigenvalue weighted by molar-refractivity contribution is 0.261. The smallest absolute Gasteiger partial charge is 0.215 e. The monoisotopic (exact) mass is 321 g/mol. The van der Waals surface area contributed by atoms with Crippen molar-refractivity contribution in [3.63, 3.8) is 0 Å². The number of sulfonamides is 1. The van der Waals surface area contributed by atoms with Gasteiger partial charge in [-0.2, -0.15) is 0 Å². The number of rotatable bonds is 5. The third-order valence-corrected chi connectivity index (χ3v) is 6.39. The third-order valence-electron chi connectivity index (χ3n) is 4.57. The van der Waals surface area contributed by atoms with Crippen molar-refractivity contribution in [2.45, 2.75) is 32.7 Å². The van der Waals surface area contributed by atoms with Crippen molar-refractivity contribution in [1.29, 1.82) is 0 Å². The van der Waals surface area contributed by atoms with Gasteiger partial charge in [-0.3, -0.25) is 0 Å². The van der Waals surface area contributed by atoms with E-state index in [1.807, 2.05) is 28.8 Å². The molecule has 0 unspecified atom stereocenters. The van der Waals surface area contributed by atoms with Crippen LogP contribution in [-0.2, 0) is 16.6 Å². The van der Waals surface area contributed by atoms with Crippen molar-refractivity contribution in [1.82, 2.24) is 13.9 Å². The van der Waals surface area contributed by atoms with E-state index in [9.17, 15) is 8.42 Å². The second kappa shape index (κ2) is 6.38. The van der Waals surface area contributed by atoms with Gasteiger partial charge in [0.15, 0.2) is 0 Å². The fraction of sp³-hybridized carbons (Fsp3) is 0.562. The minimum absolute atomic E-state index is 0.143. The van der Waals surface area contributed by atoms with E-state index >= 15 is 0 Å². The van der Waals surface area contributed by atoms with Gasteiger partial charge < -0.3 is 4.57 Å². The Bertz CT molecular complexity index is 739. The molecule has 1 atom stereocenters. The van der Waals surface area contributed by atoms with Crippen molar-refractivity contribution in [2.24, 2.45) is 5.92 Å². The number of imidazole rings is 1. The summed E-state index contributed by atoms with van der Waals surface area (Å²) in [6.07, 6.45) is 4.91. The highest BCUT2D eigenvalue weighted by molar-refractivity contribution is 7.89. The minimum atomic E-state index is -3.19. The molecule has 1 aliphatic heterocycles. The summed E-state index contributed by atoms with van der Waals surface area (Å²) in [5.74, 6) is 0.654. The Balaban J connectivity index is 1.69. The van der Waals surface area contributed by atoms with E-state index in [1.54, 1.807) is 10.6 Å². The number of benzene rings is 1. The van der Waals surface area contributed by atoms with Gasteiger partial charge in [0.25, 0.3) is 0 Å². The minimum Gasteiger partial charge on any atom is -0.330 e. The number of aromatic nitrogens is 2. The summed E-state index contributed by atoms with van der Waals surface area (Å²) in [6, 6.07) is 7.81. The van der Waals surface area contributed by atoms with Gasteiger partial charge >= 0.3 is 0 Å². The Morgan fingerprint density at radius 3 is 2.95 bits per heavy atom. The van der Waals surface area contributed by atoms with Crippen LogP contribution in [0.25, 0.3) is 11.0 Å². The first-order valence-electron chi connectivity index (χ1n) is 7.98. The summed E-state index contributed by atoms with van der Waals surface area (Å²) in [7, 11) is -3.19. The maximum atomic E-state index is 12.6. The van der Waals surface area contributed by atoms with Crippen LogP contribution in [0, 0.1) is 5.92 Å². The number of aryl methyl sites for hydroxylation is 1. The zero-order valence-corrected chi connectivity index (χ0v) is 13.8. The molecule has 22 heavy (non-hydrogen) atoms. The van der Waals surface area contributed by atoms with E-state index in [4.69, 9.17) is 0 Å². The lowest BCUT2D eigenvalue weighted by Gasteiger charge is -2.31. The standard InChI is InChI=1S/C16H23N3O2S/c1-2-14-6-5-9-19(12-14)22(20,21)11-10-18-13-17-15-7-3-4-8-16(15)18/h3-4,7-8,13-14H,2,5-6,9-12H2,1H3/t14-/m1/s1. The molecule has 2 heterocycles. The summed E-state index contributed by atoms with van der Waals surface area (Å²) in [5.41, 5.74) is 1.90. The normalized spacial score (nSPS) is 20.5. The van der Waals surface area contributed by atoms with Gasteiger partial charge in [0, 0.05) is 19.6 Å². The number of hydrogen-bond donors (Lipinski definition) is 0. The summed E-state index contributed by atoms with van der Waals surface area (Å²) >= 11 is 0. The maximum Gasteiger partial charge on any atom is 0.215 e. The fourth-order valence-corrected chi connectivity index (χ4v) is 4.67. The molecule has 2 aromatic rings. The first kappa shape index (κ1) is 15.5.